The molecule has 1 rings (SSSR count). The van der Waals surface area contributed by atoms with Crippen LogP contribution in [0.4, 0.5) is 13.2 Å². The maximum atomic E-state index is 12.9. The molecule has 0 bridgehead atoms. The fourth-order valence-corrected chi connectivity index (χ4v) is 1.57. The van der Waals surface area contributed by atoms with E-state index in [1.54, 1.807) is 0 Å². The molecule has 8 heteroatoms. The van der Waals surface area contributed by atoms with E-state index in [1.807, 2.05) is 13.8 Å². The number of nitrogens with two attached hydrogens (primary N) is 1. The molecule has 1 aromatic carbocycles. The molecule has 0 aromatic heterocycles. The third-order valence-electron chi connectivity index (χ3n) is 2.48. The standard InChI is InChI=1S/C13H17F3N2O3/c1-8(2)20-5-6-21-9-3-4-10(12(17)18-19)11(7-9)13(14,15)16/h3-4,7-8,19H,5-6H2,1-2H3,(H2,17,18). The molecule has 0 radical (unpaired) electrons. The SMILES string of the molecule is CC(C)OCCOc1ccc(/C(N)=N/O)c(C(F)(F)F)c1. The number of hydrogen-bond acceptors (Lipinski definition) is 4. The average molecular weight is 306 g/mol. The van der Waals surface area contributed by atoms with Crippen LogP contribution in [0.2, 0.25) is 0 Å². The third-order valence-corrected chi connectivity index (χ3v) is 2.48. The van der Waals surface area contributed by atoms with Crippen molar-refractivity contribution < 1.29 is 27.9 Å². The highest BCUT2D eigenvalue weighted by atomic mass is 19.4. The van der Waals surface area contributed by atoms with Crippen LogP contribution in [0.5, 0.6) is 5.75 Å². The van der Waals surface area contributed by atoms with Crippen LogP contribution >= 0.6 is 0 Å². The van der Waals surface area contributed by atoms with Crippen LogP contribution in [-0.2, 0) is 10.9 Å². The second-order valence-corrected chi connectivity index (χ2v) is 4.46. The summed E-state index contributed by atoms with van der Waals surface area (Å²) in [6, 6.07) is 3.22. The molecule has 0 spiro atoms. The lowest BCUT2D eigenvalue weighted by molar-refractivity contribution is -0.137. The van der Waals surface area contributed by atoms with Crippen LogP contribution in [0, 0.1) is 0 Å². The van der Waals surface area contributed by atoms with Gasteiger partial charge in [-0.25, -0.2) is 0 Å². The Balaban J connectivity index is 2.90. The fourth-order valence-electron chi connectivity index (χ4n) is 1.57. The van der Waals surface area contributed by atoms with Gasteiger partial charge >= 0.3 is 6.18 Å². The monoisotopic (exact) mass is 306 g/mol. The molecule has 0 aliphatic heterocycles. The van der Waals surface area contributed by atoms with Crippen molar-refractivity contribution in [3.63, 3.8) is 0 Å². The number of rotatable bonds is 6. The molecule has 0 amide bonds. The van der Waals surface area contributed by atoms with Gasteiger partial charge in [-0.3, -0.25) is 0 Å². The molecule has 1 aromatic rings. The van der Waals surface area contributed by atoms with Crippen molar-refractivity contribution in [1.29, 1.82) is 0 Å². The summed E-state index contributed by atoms with van der Waals surface area (Å²) >= 11 is 0. The lowest BCUT2D eigenvalue weighted by Crippen LogP contribution is -2.20. The van der Waals surface area contributed by atoms with Crippen molar-refractivity contribution in [3.8, 4) is 5.75 Å². The Bertz CT molecular complexity index is 502. The molecule has 0 unspecified atom stereocenters. The molecular weight excluding hydrogens is 289 g/mol. The molecule has 0 saturated carbocycles. The highest BCUT2D eigenvalue weighted by molar-refractivity contribution is 5.98. The molecule has 3 N–H and O–H groups in total. The van der Waals surface area contributed by atoms with Crippen molar-refractivity contribution in [2.75, 3.05) is 13.2 Å². The first kappa shape index (κ1) is 17.1. The summed E-state index contributed by atoms with van der Waals surface area (Å²) in [5, 5.41) is 11.1. The summed E-state index contributed by atoms with van der Waals surface area (Å²) in [6.45, 7) is 4.07. The summed E-state index contributed by atoms with van der Waals surface area (Å²) in [4.78, 5) is 0. The summed E-state index contributed by atoms with van der Waals surface area (Å²) in [5.74, 6) is -0.582. The van der Waals surface area contributed by atoms with Crippen LogP contribution in [0.25, 0.3) is 0 Å². The molecule has 0 fully saturated rings. The van der Waals surface area contributed by atoms with E-state index in [-0.39, 0.29) is 25.1 Å². The molecule has 0 aliphatic rings. The minimum absolute atomic E-state index is 0.0160. The minimum atomic E-state index is -4.64. The largest absolute Gasteiger partial charge is 0.491 e. The van der Waals surface area contributed by atoms with Gasteiger partial charge in [0.05, 0.1) is 18.3 Å². The Labute approximate surface area is 120 Å². The highest BCUT2D eigenvalue weighted by Crippen LogP contribution is 2.34. The average Bonchev–Trinajstić information content (AvgIpc) is 2.41. The fraction of sp³-hybridized carbons (Fsp3) is 0.462. The number of amidine groups is 1. The quantitative estimate of drug-likeness (QED) is 0.278. The van der Waals surface area contributed by atoms with Gasteiger partial charge in [0.2, 0.25) is 0 Å². The number of halogens is 3. The normalized spacial score (nSPS) is 12.8. The highest BCUT2D eigenvalue weighted by Gasteiger charge is 2.35. The number of oxime groups is 1. The molecule has 0 aliphatic carbocycles. The van der Waals surface area contributed by atoms with E-state index in [9.17, 15) is 13.2 Å². The van der Waals surface area contributed by atoms with Crippen LogP contribution in [0.1, 0.15) is 25.0 Å². The van der Waals surface area contributed by atoms with E-state index in [0.717, 1.165) is 12.1 Å². The zero-order valence-electron chi connectivity index (χ0n) is 11.6. The van der Waals surface area contributed by atoms with Crippen molar-refractivity contribution in [2.24, 2.45) is 10.9 Å². The van der Waals surface area contributed by atoms with E-state index in [1.165, 1.54) is 6.07 Å². The van der Waals surface area contributed by atoms with Crippen molar-refractivity contribution in [3.05, 3.63) is 29.3 Å². The first-order valence-corrected chi connectivity index (χ1v) is 6.19. The Kier molecular flexibility index (Phi) is 5.83. The maximum Gasteiger partial charge on any atom is 0.417 e. The van der Waals surface area contributed by atoms with Crippen molar-refractivity contribution in [2.45, 2.75) is 26.1 Å². The van der Waals surface area contributed by atoms with E-state index in [0.29, 0.717) is 0 Å². The molecule has 0 heterocycles. The molecule has 21 heavy (non-hydrogen) atoms. The van der Waals surface area contributed by atoms with Gasteiger partial charge in [0.15, 0.2) is 5.84 Å². The zero-order valence-corrected chi connectivity index (χ0v) is 11.6. The Morgan fingerprint density at radius 2 is 2.00 bits per heavy atom. The molecule has 0 saturated heterocycles. The Morgan fingerprint density at radius 1 is 1.33 bits per heavy atom. The van der Waals surface area contributed by atoms with Gasteiger partial charge in [0.1, 0.15) is 12.4 Å². The van der Waals surface area contributed by atoms with Crippen LogP contribution in [-0.4, -0.2) is 30.4 Å². The molecule has 0 atom stereocenters. The smallest absolute Gasteiger partial charge is 0.417 e. The van der Waals surface area contributed by atoms with Gasteiger partial charge < -0.3 is 20.4 Å². The Morgan fingerprint density at radius 3 is 2.52 bits per heavy atom. The number of benzene rings is 1. The van der Waals surface area contributed by atoms with Crippen LogP contribution < -0.4 is 10.5 Å². The molecule has 118 valence electrons. The topological polar surface area (TPSA) is 77.1 Å². The lowest BCUT2D eigenvalue weighted by Gasteiger charge is -2.14. The second-order valence-electron chi connectivity index (χ2n) is 4.46. The number of nitrogens with zero attached hydrogens (tertiary/aromatic N) is 1. The first-order valence-electron chi connectivity index (χ1n) is 6.19. The van der Waals surface area contributed by atoms with Crippen LogP contribution in [0.3, 0.4) is 0 Å². The number of hydrogen-bond donors (Lipinski definition) is 2. The summed E-state index contributed by atoms with van der Waals surface area (Å²) < 4.78 is 49.3. The van der Waals surface area contributed by atoms with Crippen LogP contribution in [0.15, 0.2) is 23.4 Å². The summed E-state index contributed by atoms with van der Waals surface area (Å²) in [5.41, 5.74) is 3.80. The molecular formula is C13H17F3N2O3. The van der Waals surface area contributed by atoms with E-state index in [4.69, 9.17) is 20.4 Å². The van der Waals surface area contributed by atoms with Gasteiger partial charge in [-0.2, -0.15) is 13.2 Å². The van der Waals surface area contributed by atoms with Gasteiger partial charge in [-0.15, -0.1) is 0 Å². The maximum absolute atomic E-state index is 12.9. The number of alkyl halides is 3. The van der Waals surface area contributed by atoms with Crippen molar-refractivity contribution in [1.82, 2.24) is 0 Å². The predicted octanol–water partition coefficient (Wildman–Crippen LogP) is 2.60. The van der Waals surface area contributed by atoms with Gasteiger partial charge in [-0.1, -0.05) is 5.16 Å². The lowest BCUT2D eigenvalue weighted by atomic mass is 10.1. The summed E-state index contributed by atoms with van der Waals surface area (Å²) in [7, 11) is 0. The number of ether oxygens (including phenoxy) is 2. The third kappa shape index (κ3) is 5.14. The van der Waals surface area contributed by atoms with Crippen molar-refractivity contribution >= 4 is 5.84 Å². The minimum Gasteiger partial charge on any atom is -0.491 e. The predicted molar refractivity (Wildman–Crippen MR) is 70.5 cm³/mol. The second kappa shape index (κ2) is 7.16. The van der Waals surface area contributed by atoms with E-state index >= 15 is 0 Å². The van der Waals surface area contributed by atoms with Gasteiger partial charge in [0, 0.05) is 5.56 Å². The van der Waals surface area contributed by atoms with Gasteiger partial charge in [-0.05, 0) is 32.0 Å². The summed E-state index contributed by atoms with van der Waals surface area (Å²) in [6.07, 6.45) is -4.62. The zero-order chi connectivity index (χ0) is 16.0. The molecule has 5 nitrogen and oxygen atoms in total. The van der Waals surface area contributed by atoms with Gasteiger partial charge in [0.25, 0.3) is 0 Å². The van der Waals surface area contributed by atoms with E-state index in [2.05, 4.69) is 5.16 Å². The van der Waals surface area contributed by atoms with E-state index < -0.39 is 23.1 Å². The Hall–Kier alpha value is -1.96. The first-order chi connectivity index (χ1) is 9.75.